The Kier molecular flexibility index (Phi) is 6.70. The van der Waals surface area contributed by atoms with Crippen LogP contribution in [-0.2, 0) is 0 Å². The highest BCUT2D eigenvalue weighted by atomic mass is 79.9. The normalized spacial score (nSPS) is 12.3. The third kappa shape index (κ3) is 4.20. The maximum Gasteiger partial charge on any atom is 0.205 e. The Bertz CT molecular complexity index is 1050. The molecule has 2 aromatic carbocycles. The van der Waals surface area contributed by atoms with Crippen LogP contribution in [0.1, 0.15) is 18.9 Å². The summed E-state index contributed by atoms with van der Waals surface area (Å²) in [5.74, 6) is 1.38. The van der Waals surface area contributed by atoms with Gasteiger partial charge in [0.2, 0.25) is 4.80 Å². The van der Waals surface area contributed by atoms with Crippen LogP contribution in [0.15, 0.2) is 62.4 Å². The van der Waals surface area contributed by atoms with Crippen LogP contribution in [-0.4, -0.2) is 31.7 Å². The van der Waals surface area contributed by atoms with Gasteiger partial charge in [-0.25, -0.2) is 4.68 Å². The Morgan fingerprint density at radius 2 is 1.79 bits per heavy atom. The summed E-state index contributed by atoms with van der Waals surface area (Å²) in [6, 6.07) is 14.0. The fraction of sp³-hybridized carbons (Fsp3) is 0.238. The van der Waals surface area contributed by atoms with Crippen molar-refractivity contribution in [2.45, 2.75) is 13.3 Å². The van der Waals surface area contributed by atoms with Crippen molar-refractivity contribution in [3.8, 4) is 22.8 Å². The van der Waals surface area contributed by atoms with E-state index in [-0.39, 0.29) is 0 Å². The number of hydrogen-bond donors (Lipinski definition) is 0. The quantitative estimate of drug-likeness (QED) is 0.476. The van der Waals surface area contributed by atoms with E-state index < -0.39 is 0 Å². The number of benzene rings is 2. The Balaban J connectivity index is 2.13. The van der Waals surface area contributed by atoms with E-state index in [9.17, 15) is 0 Å². The van der Waals surface area contributed by atoms with Gasteiger partial charge < -0.3 is 9.47 Å². The standard InChI is InChI=1S/C21H22BrN3O2S/c1-5-17(15-8-11-19(26-3)20(12-15)27-4)24-25-18(13-28-21(25)23-2)14-6-9-16(22)10-7-14/h6-13H,5H2,1-4H3. The molecule has 0 spiro atoms. The van der Waals surface area contributed by atoms with Gasteiger partial charge in [0, 0.05) is 28.0 Å². The predicted molar refractivity (Wildman–Crippen MR) is 119 cm³/mol. The molecule has 7 heteroatoms. The molecule has 0 aliphatic rings. The van der Waals surface area contributed by atoms with Crippen molar-refractivity contribution in [3.05, 3.63) is 62.7 Å². The minimum absolute atomic E-state index is 0.685. The topological polar surface area (TPSA) is 48.1 Å². The first-order valence-electron chi connectivity index (χ1n) is 8.80. The molecule has 28 heavy (non-hydrogen) atoms. The maximum absolute atomic E-state index is 5.45. The molecule has 0 atom stereocenters. The lowest BCUT2D eigenvalue weighted by Gasteiger charge is -2.11. The Morgan fingerprint density at radius 1 is 1.07 bits per heavy atom. The molecule has 0 aliphatic carbocycles. The molecule has 0 unspecified atom stereocenters. The van der Waals surface area contributed by atoms with Gasteiger partial charge in [-0.15, -0.1) is 11.3 Å². The second-order valence-electron chi connectivity index (χ2n) is 5.92. The van der Waals surface area contributed by atoms with Gasteiger partial charge in [-0.3, -0.25) is 4.99 Å². The van der Waals surface area contributed by atoms with E-state index in [1.807, 2.05) is 35.0 Å². The average molecular weight is 460 g/mol. The van der Waals surface area contributed by atoms with E-state index >= 15 is 0 Å². The highest BCUT2D eigenvalue weighted by molar-refractivity contribution is 9.10. The maximum atomic E-state index is 5.45. The first-order valence-corrected chi connectivity index (χ1v) is 10.5. The molecule has 3 rings (SSSR count). The molecule has 0 N–H and O–H groups in total. The summed E-state index contributed by atoms with van der Waals surface area (Å²) >= 11 is 5.06. The van der Waals surface area contributed by atoms with E-state index in [4.69, 9.17) is 14.6 Å². The van der Waals surface area contributed by atoms with Crippen molar-refractivity contribution < 1.29 is 9.47 Å². The summed E-state index contributed by atoms with van der Waals surface area (Å²) in [5.41, 5.74) is 4.01. The fourth-order valence-corrected chi connectivity index (χ4v) is 3.90. The number of nitrogens with zero attached hydrogens (tertiary/aromatic N) is 3. The van der Waals surface area contributed by atoms with Crippen molar-refractivity contribution in [2.24, 2.45) is 10.1 Å². The first kappa shape index (κ1) is 20.4. The van der Waals surface area contributed by atoms with Crippen molar-refractivity contribution >= 4 is 33.0 Å². The van der Waals surface area contributed by atoms with Crippen molar-refractivity contribution in [1.29, 1.82) is 0 Å². The molecule has 0 saturated heterocycles. The van der Waals surface area contributed by atoms with E-state index in [1.165, 1.54) is 0 Å². The molecule has 1 heterocycles. The second kappa shape index (κ2) is 9.21. The van der Waals surface area contributed by atoms with E-state index in [0.717, 1.165) is 38.2 Å². The van der Waals surface area contributed by atoms with Crippen LogP contribution >= 0.6 is 27.3 Å². The number of hydrogen-bond acceptors (Lipinski definition) is 5. The van der Waals surface area contributed by atoms with Crippen molar-refractivity contribution in [1.82, 2.24) is 4.68 Å². The van der Waals surface area contributed by atoms with Gasteiger partial charge in [0.15, 0.2) is 11.5 Å². The molecule has 3 aromatic rings. The fourth-order valence-electron chi connectivity index (χ4n) is 2.84. The highest BCUT2D eigenvalue weighted by Crippen LogP contribution is 2.28. The van der Waals surface area contributed by atoms with Crippen LogP contribution in [0.4, 0.5) is 0 Å². The van der Waals surface area contributed by atoms with Gasteiger partial charge in [-0.05, 0) is 36.8 Å². The third-order valence-corrected chi connectivity index (χ3v) is 5.73. The molecule has 0 bridgehead atoms. The van der Waals surface area contributed by atoms with E-state index in [2.05, 4.69) is 45.4 Å². The van der Waals surface area contributed by atoms with Gasteiger partial charge >= 0.3 is 0 Å². The van der Waals surface area contributed by atoms with Gasteiger partial charge in [0.1, 0.15) is 0 Å². The van der Waals surface area contributed by atoms with Crippen LogP contribution in [0.5, 0.6) is 11.5 Å². The highest BCUT2D eigenvalue weighted by Gasteiger charge is 2.12. The number of aromatic nitrogens is 1. The Hall–Kier alpha value is -2.38. The van der Waals surface area contributed by atoms with E-state index in [0.29, 0.717) is 11.5 Å². The van der Waals surface area contributed by atoms with Crippen LogP contribution in [0.2, 0.25) is 0 Å². The lowest BCUT2D eigenvalue weighted by molar-refractivity contribution is 0.355. The summed E-state index contributed by atoms with van der Waals surface area (Å²) in [5, 5.41) is 7.03. The SMILES string of the molecule is CCC(=Nn1c(-c2ccc(Br)cc2)csc1=NC)c1ccc(OC)c(OC)c1. The summed E-state index contributed by atoms with van der Waals surface area (Å²) in [4.78, 5) is 5.23. The summed E-state index contributed by atoms with van der Waals surface area (Å²) in [6.45, 7) is 2.09. The third-order valence-electron chi connectivity index (χ3n) is 4.29. The number of thiazole rings is 1. The zero-order chi connectivity index (χ0) is 20.1. The van der Waals surface area contributed by atoms with Gasteiger partial charge in [0.05, 0.1) is 25.6 Å². The summed E-state index contributed by atoms with van der Waals surface area (Å²) in [6.07, 6.45) is 0.765. The molecule has 1 aromatic heterocycles. The lowest BCUT2D eigenvalue weighted by Crippen LogP contribution is -2.14. The minimum Gasteiger partial charge on any atom is -0.493 e. The van der Waals surface area contributed by atoms with Crippen molar-refractivity contribution in [2.75, 3.05) is 21.3 Å². The number of methoxy groups -OCH3 is 2. The predicted octanol–water partition coefficient (Wildman–Crippen LogP) is 5.19. The monoisotopic (exact) mass is 459 g/mol. The number of halogens is 1. The molecular formula is C21H22BrN3O2S. The average Bonchev–Trinajstić information content (AvgIpc) is 3.14. The Morgan fingerprint density at radius 3 is 2.39 bits per heavy atom. The molecular weight excluding hydrogens is 438 g/mol. The largest absolute Gasteiger partial charge is 0.493 e. The lowest BCUT2D eigenvalue weighted by atomic mass is 10.1. The molecule has 0 radical (unpaired) electrons. The zero-order valence-electron chi connectivity index (χ0n) is 16.3. The Labute approximate surface area is 177 Å². The second-order valence-corrected chi connectivity index (χ2v) is 7.67. The first-order chi connectivity index (χ1) is 13.6. The molecule has 0 saturated carbocycles. The van der Waals surface area contributed by atoms with Crippen LogP contribution in [0.25, 0.3) is 11.3 Å². The van der Waals surface area contributed by atoms with Crippen LogP contribution < -0.4 is 14.3 Å². The molecule has 146 valence electrons. The molecule has 0 amide bonds. The van der Waals surface area contributed by atoms with E-state index in [1.54, 1.807) is 32.6 Å². The molecule has 0 fully saturated rings. The number of ether oxygens (including phenoxy) is 2. The van der Waals surface area contributed by atoms with Gasteiger partial charge in [-0.2, -0.15) is 5.10 Å². The smallest absolute Gasteiger partial charge is 0.205 e. The van der Waals surface area contributed by atoms with Crippen LogP contribution in [0.3, 0.4) is 0 Å². The van der Waals surface area contributed by atoms with Gasteiger partial charge in [0.25, 0.3) is 0 Å². The summed E-state index contributed by atoms with van der Waals surface area (Å²) < 4.78 is 13.7. The number of rotatable bonds is 6. The summed E-state index contributed by atoms with van der Waals surface area (Å²) in [7, 11) is 5.05. The minimum atomic E-state index is 0.685. The van der Waals surface area contributed by atoms with Crippen molar-refractivity contribution in [3.63, 3.8) is 0 Å². The molecule has 5 nitrogen and oxygen atoms in total. The zero-order valence-corrected chi connectivity index (χ0v) is 18.7. The van der Waals surface area contributed by atoms with Gasteiger partial charge in [-0.1, -0.05) is 35.0 Å². The van der Waals surface area contributed by atoms with Crippen LogP contribution in [0, 0.1) is 0 Å². The molecule has 0 aliphatic heterocycles.